The van der Waals surface area contributed by atoms with Crippen LogP contribution in [0.15, 0.2) is 42.5 Å². The summed E-state index contributed by atoms with van der Waals surface area (Å²) >= 11 is 0. The molecule has 112 valence electrons. The van der Waals surface area contributed by atoms with Crippen molar-refractivity contribution in [2.45, 2.75) is 19.1 Å². The van der Waals surface area contributed by atoms with Crippen LogP contribution in [-0.4, -0.2) is 0 Å². The van der Waals surface area contributed by atoms with Crippen molar-refractivity contribution in [2.24, 2.45) is 5.84 Å². The minimum absolute atomic E-state index is 0.250. The third kappa shape index (κ3) is 3.22. The normalized spacial score (nSPS) is 13.2. The maximum Gasteiger partial charge on any atom is 0.419 e. The van der Waals surface area contributed by atoms with Crippen LogP contribution in [0.2, 0.25) is 0 Å². The first kappa shape index (κ1) is 15.5. The lowest BCUT2D eigenvalue weighted by Gasteiger charge is -2.20. The number of nitrogens with two attached hydrogens (primary N) is 1. The minimum Gasteiger partial charge on any atom is -0.271 e. The fourth-order valence-corrected chi connectivity index (χ4v) is 2.22. The van der Waals surface area contributed by atoms with Gasteiger partial charge in [-0.3, -0.25) is 5.84 Å². The smallest absolute Gasteiger partial charge is 0.271 e. The molecule has 1 unspecified atom stereocenters. The van der Waals surface area contributed by atoms with Crippen LogP contribution >= 0.6 is 0 Å². The molecule has 0 aliphatic rings. The highest BCUT2D eigenvalue weighted by atomic mass is 19.4. The van der Waals surface area contributed by atoms with E-state index in [0.717, 1.165) is 23.3 Å². The SMILES string of the molecule is Cc1ccccc1C(NN)c1ccc(F)c(C(F)(F)F)c1. The molecule has 2 nitrogen and oxygen atoms in total. The number of benzene rings is 2. The monoisotopic (exact) mass is 298 g/mol. The Bertz CT molecular complexity index is 638. The van der Waals surface area contributed by atoms with Crippen molar-refractivity contribution in [2.75, 3.05) is 0 Å². The molecule has 0 aliphatic heterocycles. The van der Waals surface area contributed by atoms with E-state index in [2.05, 4.69) is 5.43 Å². The summed E-state index contributed by atoms with van der Waals surface area (Å²) in [5.74, 6) is 4.18. The highest BCUT2D eigenvalue weighted by Crippen LogP contribution is 2.34. The van der Waals surface area contributed by atoms with Gasteiger partial charge in [0.2, 0.25) is 0 Å². The van der Waals surface area contributed by atoms with Crippen molar-refractivity contribution >= 4 is 0 Å². The summed E-state index contributed by atoms with van der Waals surface area (Å²) in [6.07, 6.45) is -4.75. The number of hydrazine groups is 1. The summed E-state index contributed by atoms with van der Waals surface area (Å²) in [4.78, 5) is 0. The Labute approximate surface area is 119 Å². The number of hydrogen-bond donors (Lipinski definition) is 2. The number of aryl methyl sites for hydroxylation is 1. The topological polar surface area (TPSA) is 38.0 Å². The molecular formula is C15H14F4N2. The first-order valence-electron chi connectivity index (χ1n) is 6.23. The van der Waals surface area contributed by atoms with Crippen LogP contribution in [0.1, 0.15) is 28.3 Å². The van der Waals surface area contributed by atoms with E-state index < -0.39 is 23.6 Å². The van der Waals surface area contributed by atoms with Crippen LogP contribution in [0, 0.1) is 12.7 Å². The Morgan fingerprint density at radius 3 is 2.33 bits per heavy atom. The third-order valence-electron chi connectivity index (χ3n) is 3.30. The number of alkyl halides is 3. The first-order chi connectivity index (χ1) is 9.84. The summed E-state index contributed by atoms with van der Waals surface area (Å²) in [5, 5.41) is 0. The van der Waals surface area contributed by atoms with Crippen LogP contribution in [0.3, 0.4) is 0 Å². The summed E-state index contributed by atoms with van der Waals surface area (Å²) in [6.45, 7) is 1.83. The molecule has 2 aromatic rings. The van der Waals surface area contributed by atoms with Crippen molar-refractivity contribution in [3.05, 3.63) is 70.5 Å². The lowest BCUT2D eigenvalue weighted by atomic mass is 9.94. The molecule has 0 spiro atoms. The molecule has 2 rings (SSSR count). The van der Waals surface area contributed by atoms with Crippen LogP contribution in [-0.2, 0) is 6.18 Å². The van der Waals surface area contributed by atoms with Gasteiger partial charge in [0.1, 0.15) is 5.82 Å². The molecular weight excluding hydrogens is 284 g/mol. The average Bonchev–Trinajstić information content (AvgIpc) is 2.42. The largest absolute Gasteiger partial charge is 0.419 e. The molecule has 0 fully saturated rings. The van der Waals surface area contributed by atoms with Gasteiger partial charge in [-0.05, 0) is 35.7 Å². The third-order valence-corrected chi connectivity index (χ3v) is 3.30. The van der Waals surface area contributed by atoms with E-state index >= 15 is 0 Å². The maximum atomic E-state index is 13.3. The Balaban J connectivity index is 2.52. The van der Waals surface area contributed by atoms with Gasteiger partial charge in [0, 0.05) is 0 Å². The van der Waals surface area contributed by atoms with Crippen molar-refractivity contribution in [3.8, 4) is 0 Å². The number of halogens is 4. The predicted octanol–water partition coefficient (Wildman–Crippen LogP) is 3.71. The molecule has 2 aromatic carbocycles. The second kappa shape index (κ2) is 5.83. The van der Waals surface area contributed by atoms with Crippen molar-refractivity contribution in [3.63, 3.8) is 0 Å². The Kier molecular flexibility index (Phi) is 4.29. The fourth-order valence-electron chi connectivity index (χ4n) is 2.22. The standard InChI is InChI=1S/C15H14F4N2/c1-9-4-2-3-5-11(9)14(21-20)10-6-7-13(16)12(8-10)15(17,18)19/h2-8,14,21H,20H2,1H3. The van der Waals surface area contributed by atoms with E-state index in [0.29, 0.717) is 0 Å². The molecule has 3 N–H and O–H groups in total. The molecule has 0 saturated heterocycles. The summed E-state index contributed by atoms with van der Waals surface area (Å²) in [7, 11) is 0. The Hall–Kier alpha value is -1.92. The van der Waals surface area contributed by atoms with Crippen LogP contribution < -0.4 is 11.3 Å². The second-order valence-corrected chi connectivity index (χ2v) is 4.69. The average molecular weight is 298 g/mol. The van der Waals surface area contributed by atoms with Gasteiger partial charge < -0.3 is 0 Å². The quantitative estimate of drug-likeness (QED) is 0.515. The maximum absolute atomic E-state index is 13.3. The van der Waals surface area contributed by atoms with Gasteiger partial charge in [-0.1, -0.05) is 30.3 Å². The van der Waals surface area contributed by atoms with Gasteiger partial charge in [0.15, 0.2) is 0 Å². The molecule has 1 atom stereocenters. The van der Waals surface area contributed by atoms with Crippen molar-refractivity contribution in [1.82, 2.24) is 5.43 Å². The van der Waals surface area contributed by atoms with E-state index in [4.69, 9.17) is 5.84 Å². The zero-order chi connectivity index (χ0) is 15.6. The van der Waals surface area contributed by atoms with E-state index in [1.807, 2.05) is 19.1 Å². The van der Waals surface area contributed by atoms with Crippen molar-refractivity contribution < 1.29 is 17.6 Å². The first-order valence-corrected chi connectivity index (χ1v) is 6.23. The van der Waals surface area contributed by atoms with Crippen LogP contribution in [0.5, 0.6) is 0 Å². The van der Waals surface area contributed by atoms with Gasteiger partial charge in [-0.2, -0.15) is 13.2 Å². The Morgan fingerprint density at radius 2 is 1.76 bits per heavy atom. The van der Waals surface area contributed by atoms with Crippen molar-refractivity contribution in [1.29, 1.82) is 0 Å². The lowest BCUT2D eigenvalue weighted by Crippen LogP contribution is -2.29. The van der Waals surface area contributed by atoms with Gasteiger partial charge >= 0.3 is 6.18 Å². The van der Waals surface area contributed by atoms with E-state index in [1.54, 1.807) is 12.1 Å². The number of hydrogen-bond acceptors (Lipinski definition) is 2. The molecule has 0 amide bonds. The fraction of sp³-hybridized carbons (Fsp3) is 0.200. The highest BCUT2D eigenvalue weighted by Gasteiger charge is 2.34. The minimum atomic E-state index is -4.75. The molecule has 21 heavy (non-hydrogen) atoms. The molecule has 6 heteroatoms. The molecule has 0 radical (unpaired) electrons. The number of rotatable bonds is 3. The second-order valence-electron chi connectivity index (χ2n) is 4.69. The lowest BCUT2D eigenvalue weighted by molar-refractivity contribution is -0.140. The molecule has 0 aromatic heterocycles. The van der Waals surface area contributed by atoms with Gasteiger partial charge in [-0.15, -0.1) is 0 Å². The number of nitrogens with one attached hydrogen (secondary N) is 1. The van der Waals surface area contributed by atoms with Gasteiger partial charge in [-0.25, -0.2) is 9.82 Å². The van der Waals surface area contributed by atoms with E-state index in [9.17, 15) is 17.6 Å². The van der Waals surface area contributed by atoms with E-state index in [1.165, 1.54) is 6.07 Å². The molecule has 0 saturated carbocycles. The van der Waals surface area contributed by atoms with E-state index in [-0.39, 0.29) is 5.56 Å². The summed E-state index contributed by atoms with van der Waals surface area (Å²) < 4.78 is 51.7. The predicted molar refractivity (Wildman–Crippen MR) is 71.7 cm³/mol. The van der Waals surface area contributed by atoms with Crippen LogP contribution in [0.25, 0.3) is 0 Å². The molecule has 0 bridgehead atoms. The summed E-state index contributed by atoms with van der Waals surface area (Å²) in [6, 6.07) is 9.41. The summed E-state index contributed by atoms with van der Waals surface area (Å²) in [5.41, 5.74) is 3.05. The van der Waals surface area contributed by atoms with Gasteiger partial charge in [0.05, 0.1) is 11.6 Å². The zero-order valence-electron chi connectivity index (χ0n) is 11.2. The van der Waals surface area contributed by atoms with Crippen LogP contribution in [0.4, 0.5) is 17.6 Å². The van der Waals surface area contributed by atoms with Gasteiger partial charge in [0.25, 0.3) is 0 Å². The zero-order valence-corrected chi connectivity index (χ0v) is 11.2. The Morgan fingerprint density at radius 1 is 1.10 bits per heavy atom. The molecule has 0 aliphatic carbocycles. The highest BCUT2D eigenvalue weighted by molar-refractivity contribution is 5.39. The molecule has 0 heterocycles.